The number of nitrogens with zero attached hydrogens (tertiary/aromatic N) is 4. The fourth-order valence-corrected chi connectivity index (χ4v) is 4.78. The van der Waals surface area contributed by atoms with Crippen LogP contribution in [0.4, 0.5) is 0 Å². The van der Waals surface area contributed by atoms with E-state index in [9.17, 15) is 9.59 Å². The highest BCUT2D eigenvalue weighted by atomic mass is 35.5. The van der Waals surface area contributed by atoms with E-state index in [1.165, 1.54) is 0 Å². The zero-order chi connectivity index (χ0) is 34.6. The Morgan fingerprint density at radius 2 is 1.10 bits per heavy atom. The van der Waals surface area contributed by atoms with E-state index >= 15 is 0 Å². The molecule has 2 aliphatic rings. The molecule has 4 aromatic rings. The minimum absolute atomic E-state index is 0.276. The Labute approximate surface area is 283 Å². The molecule has 0 unspecified atom stereocenters. The molecule has 0 aliphatic carbocycles. The van der Waals surface area contributed by atoms with Crippen molar-refractivity contribution in [2.45, 2.75) is 51.5 Å². The number of aromatic nitrogens is 4. The quantitative estimate of drug-likeness (QED) is 0.261. The van der Waals surface area contributed by atoms with Crippen LogP contribution in [0.2, 0.25) is 10.0 Å². The van der Waals surface area contributed by atoms with E-state index in [4.69, 9.17) is 61.2 Å². The molecular formula is C32H26Cl2N4O10. The Balaban J connectivity index is 0.000000188. The van der Waals surface area contributed by atoms with Gasteiger partial charge >= 0.3 is 11.9 Å². The molecule has 6 rings (SSSR count). The first-order valence-corrected chi connectivity index (χ1v) is 14.8. The molecular weight excluding hydrogens is 671 g/mol. The fourth-order valence-electron chi connectivity index (χ4n) is 4.32. The molecule has 2 aliphatic heterocycles. The van der Waals surface area contributed by atoms with Crippen molar-refractivity contribution < 1.29 is 47.6 Å². The average molecular weight is 697 g/mol. The second-order valence-electron chi connectivity index (χ2n) is 11.0. The van der Waals surface area contributed by atoms with Crippen molar-refractivity contribution in [2.75, 3.05) is 13.2 Å². The molecule has 2 aromatic carbocycles. The van der Waals surface area contributed by atoms with E-state index in [1.807, 2.05) is 11.8 Å². The summed E-state index contributed by atoms with van der Waals surface area (Å²) in [5.74, 6) is 6.32. The summed E-state index contributed by atoms with van der Waals surface area (Å²) < 4.78 is 33.5. The highest BCUT2D eigenvalue weighted by Gasteiger charge is 2.38. The highest BCUT2D eigenvalue weighted by molar-refractivity contribution is 6.32. The lowest BCUT2D eigenvalue weighted by Gasteiger charge is -2.15. The second kappa shape index (κ2) is 14.1. The van der Waals surface area contributed by atoms with Gasteiger partial charge in [-0.3, -0.25) is 0 Å². The molecule has 0 bridgehead atoms. The molecule has 48 heavy (non-hydrogen) atoms. The largest absolute Gasteiger partial charge is 0.472 e. The van der Waals surface area contributed by atoms with Crippen LogP contribution in [-0.2, 0) is 28.5 Å². The number of carbonyl (C=O) groups is 2. The third-order valence-electron chi connectivity index (χ3n) is 6.49. The van der Waals surface area contributed by atoms with Gasteiger partial charge in [-0.05, 0) is 64.1 Å². The van der Waals surface area contributed by atoms with Crippen molar-refractivity contribution in [2.24, 2.45) is 0 Å². The number of benzene rings is 2. The van der Waals surface area contributed by atoms with E-state index in [-0.39, 0.29) is 11.8 Å². The maximum atomic E-state index is 10.5. The van der Waals surface area contributed by atoms with E-state index in [2.05, 4.69) is 32.2 Å². The fraction of sp³-hybridized carbons (Fsp3) is 0.312. The predicted octanol–water partition coefficient (Wildman–Crippen LogP) is 5.30. The van der Waals surface area contributed by atoms with Crippen molar-refractivity contribution in [3.05, 3.63) is 69.4 Å². The number of carboxylic acid groups (broad SMARTS) is 2. The number of hydrogen-bond acceptors (Lipinski definition) is 12. The van der Waals surface area contributed by atoms with Gasteiger partial charge in [-0.1, -0.05) is 35.0 Å². The molecule has 2 saturated heterocycles. The van der Waals surface area contributed by atoms with Crippen molar-refractivity contribution in [3.63, 3.8) is 0 Å². The van der Waals surface area contributed by atoms with Crippen molar-refractivity contribution >= 4 is 35.1 Å². The molecule has 16 heteroatoms. The summed E-state index contributed by atoms with van der Waals surface area (Å²) in [4.78, 5) is 20.9. The monoisotopic (exact) mass is 696 g/mol. The number of aliphatic carboxylic acids is 2. The summed E-state index contributed by atoms with van der Waals surface area (Å²) in [6.07, 6.45) is -0.838. The molecule has 2 fully saturated rings. The van der Waals surface area contributed by atoms with Gasteiger partial charge < -0.3 is 38.0 Å². The van der Waals surface area contributed by atoms with E-state index < -0.39 is 35.7 Å². The number of rotatable bonds is 4. The lowest BCUT2D eigenvalue weighted by molar-refractivity contribution is -0.141. The van der Waals surface area contributed by atoms with Gasteiger partial charge in [0.25, 0.3) is 0 Å². The molecule has 0 saturated carbocycles. The zero-order valence-electron chi connectivity index (χ0n) is 25.7. The van der Waals surface area contributed by atoms with Crippen LogP contribution in [0.15, 0.2) is 45.2 Å². The lowest BCUT2D eigenvalue weighted by atomic mass is 10.1. The van der Waals surface area contributed by atoms with Gasteiger partial charge in [0.05, 0.1) is 23.3 Å². The Morgan fingerprint density at radius 3 is 1.42 bits per heavy atom. The molecule has 0 amide bonds. The number of carboxylic acids is 2. The molecule has 4 heterocycles. The Morgan fingerprint density at radius 1 is 0.708 bits per heavy atom. The van der Waals surface area contributed by atoms with Crippen LogP contribution in [0.1, 0.15) is 62.8 Å². The molecule has 248 valence electrons. The first-order chi connectivity index (χ1) is 22.7. The van der Waals surface area contributed by atoms with Crippen LogP contribution in [0.3, 0.4) is 0 Å². The second-order valence-corrected chi connectivity index (χ2v) is 11.8. The minimum atomic E-state index is -1.22. The number of ether oxygens (including phenoxy) is 4. The van der Waals surface area contributed by atoms with Crippen LogP contribution in [0.5, 0.6) is 0 Å². The van der Waals surface area contributed by atoms with Crippen molar-refractivity contribution in [3.8, 4) is 46.6 Å². The standard InChI is InChI=1S/2C16H13ClN2O5/c2*1-16(2)22-8-12(24-16)15-19-18-14(23-15)10-4-3-9(11(17)7-10)5-6-13(20)21/h2*3-4,7,12H,8H2,1-2H3,(H,20,21)/t2*12-/m10/s1. The third-order valence-corrected chi connectivity index (χ3v) is 7.11. The molecule has 2 N–H and O–H groups in total. The molecule has 2 atom stereocenters. The van der Waals surface area contributed by atoms with Gasteiger partial charge in [-0.15, -0.1) is 20.4 Å². The number of hydrogen-bond donors (Lipinski definition) is 2. The van der Waals surface area contributed by atoms with Gasteiger partial charge in [0.1, 0.15) is 0 Å². The lowest BCUT2D eigenvalue weighted by Crippen LogP contribution is -2.19. The Hall–Kier alpha value is -4.80. The highest BCUT2D eigenvalue weighted by Crippen LogP contribution is 2.35. The summed E-state index contributed by atoms with van der Waals surface area (Å²) in [6, 6.07) is 9.70. The first-order valence-electron chi connectivity index (χ1n) is 14.1. The van der Waals surface area contributed by atoms with E-state index in [0.29, 0.717) is 57.3 Å². The SMILES string of the molecule is CC1(C)OC[C@@H](c2nnc(-c3ccc(C#CC(=O)O)c(Cl)c3)o2)O1.CC1(C)OC[C@H](c2nnc(-c3ccc(C#CC(=O)O)c(Cl)c3)o2)O1. The van der Waals surface area contributed by atoms with Crippen molar-refractivity contribution in [1.82, 2.24) is 20.4 Å². The van der Waals surface area contributed by atoms with Crippen molar-refractivity contribution in [1.29, 1.82) is 0 Å². The van der Waals surface area contributed by atoms with Crippen LogP contribution < -0.4 is 0 Å². The number of halogens is 2. The van der Waals surface area contributed by atoms with Crippen LogP contribution in [-0.4, -0.2) is 67.3 Å². The first kappa shape index (κ1) is 34.5. The van der Waals surface area contributed by atoms with Gasteiger partial charge in [0, 0.05) is 34.1 Å². The molecule has 0 radical (unpaired) electrons. The van der Waals surface area contributed by atoms with Crippen LogP contribution >= 0.6 is 23.2 Å². The summed E-state index contributed by atoms with van der Waals surface area (Å²) in [6.45, 7) is 7.89. The Bertz CT molecular complexity index is 1840. The molecule has 14 nitrogen and oxygen atoms in total. The summed E-state index contributed by atoms with van der Waals surface area (Å²) in [7, 11) is 0. The van der Waals surface area contributed by atoms with Gasteiger partial charge in [-0.2, -0.15) is 0 Å². The summed E-state index contributed by atoms with van der Waals surface area (Å²) in [5.41, 5.74) is 1.99. The van der Waals surface area contributed by atoms with Crippen LogP contribution in [0.25, 0.3) is 22.9 Å². The normalized spacial score (nSPS) is 18.9. The van der Waals surface area contributed by atoms with Gasteiger partial charge in [0.2, 0.25) is 23.6 Å². The summed E-state index contributed by atoms with van der Waals surface area (Å²) in [5, 5.41) is 33.7. The topological polar surface area (TPSA) is 189 Å². The minimum Gasteiger partial charge on any atom is -0.472 e. The van der Waals surface area contributed by atoms with E-state index in [1.54, 1.807) is 64.1 Å². The maximum absolute atomic E-state index is 10.5. The van der Waals surface area contributed by atoms with Gasteiger partial charge in [-0.25, -0.2) is 9.59 Å². The zero-order valence-corrected chi connectivity index (χ0v) is 27.3. The van der Waals surface area contributed by atoms with Crippen LogP contribution in [0, 0.1) is 23.7 Å². The summed E-state index contributed by atoms with van der Waals surface area (Å²) >= 11 is 12.2. The molecule has 2 aromatic heterocycles. The third kappa shape index (κ3) is 8.76. The average Bonchev–Trinajstić information content (AvgIpc) is 3.82. The molecule has 0 spiro atoms. The smallest absolute Gasteiger partial charge is 0.382 e. The maximum Gasteiger partial charge on any atom is 0.382 e. The predicted molar refractivity (Wildman–Crippen MR) is 166 cm³/mol. The van der Waals surface area contributed by atoms with Gasteiger partial charge in [0.15, 0.2) is 23.8 Å². The van der Waals surface area contributed by atoms with E-state index in [0.717, 1.165) is 0 Å². The Kier molecular flexibility index (Phi) is 10.2.